The second-order valence-corrected chi connectivity index (χ2v) is 2.79. The Labute approximate surface area is 60.6 Å². The van der Waals surface area contributed by atoms with Crippen molar-refractivity contribution in [1.29, 1.82) is 0 Å². The van der Waals surface area contributed by atoms with Crippen molar-refractivity contribution < 1.29 is 9.90 Å². The first-order valence-corrected chi connectivity index (χ1v) is 3.66. The molecular formula is C7H13NO2. The Bertz CT molecular complexity index is 134. The zero-order valence-corrected chi connectivity index (χ0v) is 6.21. The molecule has 3 nitrogen and oxygen atoms in total. The molecule has 0 aliphatic carbocycles. The molecule has 58 valence electrons. The van der Waals surface area contributed by atoms with E-state index in [1.54, 1.807) is 11.8 Å². The molecule has 0 aromatic rings. The van der Waals surface area contributed by atoms with E-state index in [-0.39, 0.29) is 12.0 Å². The minimum Gasteiger partial charge on any atom is -0.392 e. The number of hydrogen-bond donors (Lipinski definition) is 1. The summed E-state index contributed by atoms with van der Waals surface area (Å²) in [7, 11) is 0. The first-order valence-electron chi connectivity index (χ1n) is 3.66. The number of rotatable bonds is 2. The summed E-state index contributed by atoms with van der Waals surface area (Å²) in [6.45, 7) is 3.02. The molecule has 0 bridgehead atoms. The van der Waals surface area contributed by atoms with Crippen LogP contribution in [0.5, 0.6) is 0 Å². The zero-order valence-electron chi connectivity index (χ0n) is 6.21. The van der Waals surface area contributed by atoms with Gasteiger partial charge in [0.2, 0.25) is 5.91 Å². The summed E-state index contributed by atoms with van der Waals surface area (Å²) in [6.07, 6.45) is 1.22. The van der Waals surface area contributed by atoms with E-state index in [0.29, 0.717) is 13.0 Å². The predicted octanol–water partition coefficient (Wildman–Crippen LogP) is -0.0104. The minimum absolute atomic E-state index is 0.181. The molecule has 1 N–H and O–H groups in total. The summed E-state index contributed by atoms with van der Waals surface area (Å²) in [5.74, 6) is 0.181. The van der Waals surface area contributed by atoms with E-state index < -0.39 is 0 Å². The molecular weight excluding hydrogens is 130 g/mol. The molecule has 1 saturated heterocycles. The van der Waals surface area contributed by atoms with Gasteiger partial charge in [0, 0.05) is 19.5 Å². The lowest BCUT2D eigenvalue weighted by molar-refractivity contribution is -0.128. The Kier molecular flexibility index (Phi) is 2.27. The van der Waals surface area contributed by atoms with Crippen molar-refractivity contribution in [3.05, 3.63) is 0 Å². The van der Waals surface area contributed by atoms with E-state index in [2.05, 4.69) is 0 Å². The standard InChI is InChI=1S/C7H13NO2/c1-6(9)5-8-4-2-3-7(8)10/h6,9H,2-5H2,1H3. The zero-order chi connectivity index (χ0) is 7.56. The monoisotopic (exact) mass is 143 g/mol. The molecule has 0 aromatic heterocycles. The topological polar surface area (TPSA) is 40.5 Å². The van der Waals surface area contributed by atoms with Crippen molar-refractivity contribution >= 4 is 5.91 Å². The van der Waals surface area contributed by atoms with E-state index in [4.69, 9.17) is 5.11 Å². The smallest absolute Gasteiger partial charge is 0.222 e. The van der Waals surface area contributed by atoms with Gasteiger partial charge in [0.05, 0.1) is 6.10 Å². The predicted molar refractivity (Wildman–Crippen MR) is 37.5 cm³/mol. The number of nitrogens with zero attached hydrogens (tertiary/aromatic N) is 1. The number of likely N-dealkylation sites (tertiary alicyclic amines) is 1. The van der Waals surface area contributed by atoms with E-state index in [1.165, 1.54) is 0 Å². The maximum Gasteiger partial charge on any atom is 0.222 e. The van der Waals surface area contributed by atoms with Gasteiger partial charge in [0.25, 0.3) is 0 Å². The van der Waals surface area contributed by atoms with Crippen molar-refractivity contribution in [2.75, 3.05) is 13.1 Å². The Hall–Kier alpha value is -0.570. The van der Waals surface area contributed by atoms with Crippen LogP contribution in [0.4, 0.5) is 0 Å². The average Bonchev–Trinajstić information content (AvgIpc) is 2.15. The number of β-amino-alcohol motifs (C(OH)–C–C–N with tert-alkyl or cyclic N) is 1. The molecule has 0 aromatic carbocycles. The Morgan fingerprint density at radius 3 is 2.90 bits per heavy atom. The molecule has 0 saturated carbocycles. The highest BCUT2D eigenvalue weighted by Crippen LogP contribution is 2.09. The molecule has 1 fully saturated rings. The second-order valence-electron chi connectivity index (χ2n) is 2.79. The molecule has 1 rings (SSSR count). The van der Waals surface area contributed by atoms with Gasteiger partial charge in [-0.15, -0.1) is 0 Å². The van der Waals surface area contributed by atoms with Crippen molar-refractivity contribution in [3.63, 3.8) is 0 Å². The van der Waals surface area contributed by atoms with Crippen molar-refractivity contribution in [2.24, 2.45) is 0 Å². The Balaban J connectivity index is 2.33. The second kappa shape index (κ2) is 3.01. The van der Waals surface area contributed by atoms with E-state index in [9.17, 15) is 4.79 Å². The summed E-state index contributed by atoms with van der Waals surface area (Å²) in [5.41, 5.74) is 0. The highest BCUT2D eigenvalue weighted by Gasteiger charge is 2.20. The minimum atomic E-state index is -0.387. The molecule has 1 atom stereocenters. The molecule has 1 heterocycles. The van der Waals surface area contributed by atoms with Gasteiger partial charge < -0.3 is 10.0 Å². The Morgan fingerprint density at radius 1 is 1.80 bits per heavy atom. The molecule has 1 unspecified atom stereocenters. The normalized spacial score (nSPS) is 21.8. The highest BCUT2D eigenvalue weighted by molar-refractivity contribution is 5.78. The fourth-order valence-corrected chi connectivity index (χ4v) is 1.22. The summed E-state index contributed by atoms with van der Waals surface area (Å²) in [6, 6.07) is 0. The van der Waals surface area contributed by atoms with Crippen LogP contribution in [-0.2, 0) is 4.79 Å². The van der Waals surface area contributed by atoms with Crippen LogP contribution in [-0.4, -0.2) is 35.1 Å². The quantitative estimate of drug-likeness (QED) is 0.590. The van der Waals surface area contributed by atoms with Crippen LogP contribution in [0.1, 0.15) is 19.8 Å². The number of carbonyl (C=O) groups is 1. The van der Waals surface area contributed by atoms with Crippen LogP contribution in [0.3, 0.4) is 0 Å². The number of amides is 1. The molecule has 0 radical (unpaired) electrons. The molecule has 0 spiro atoms. The SMILES string of the molecule is CC(O)CN1CCCC1=O. The van der Waals surface area contributed by atoms with Crippen LogP contribution in [0.15, 0.2) is 0 Å². The maximum atomic E-state index is 10.9. The lowest BCUT2D eigenvalue weighted by atomic mass is 10.4. The molecule has 1 aliphatic heterocycles. The lowest BCUT2D eigenvalue weighted by Crippen LogP contribution is -2.31. The molecule has 10 heavy (non-hydrogen) atoms. The molecule has 1 amide bonds. The molecule has 3 heteroatoms. The van der Waals surface area contributed by atoms with E-state index in [1.807, 2.05) is 0 Å². The van der Waals surface area contributed by atoms with Crippen LogP contribution < -0.4 is 0 Å². The van der Waals surface area contributed by atoms with E-state index in [0.717, 1.165) is 13.0 Å². The van der Waals surface area contributed by atoms with Crippen LogP contribution in [0, 0.1) is 0 Å². The number of aliphatic hydroxyl groups excluding tert-OH is 1. The third kappa shape index (κ3) is 1.70. The largest absolute Gasteiger partial charge is 0.392 e. The fraction of sp³-hybridized carbons (Fsp3) is 0.857. The van der Waals surface area contributed by atoms with Crippen molar-refractivity contribution in [1.82, 2.24) is 4.90 Å². The number of aliphatic hydroxyl groups is 1. The van der Waals surface area contributed by atoms with Crippen molar-refractivity contribution in [2.45, 2.75) is 25.9 Å². The Morgan fingerprint density at radius 2 is 2.50 bits per heavy atom. The summed E-state index contributed by atoms with van der Waals surface area (Å²) in [4.78, 5) is 12.6. The average molecular weight is 143 g/mol. The van der Waals surface area contributed by atoms with Gasteiger partial charge in [-0.25, -0.2) is 0 Å². The van der Waals surface area contributed by atoms with Gasteiger partial charge >= 0.3 is 0 Å². The first-order chi connectivity index (χ1) is 4.70. The van der Waals surface area contributed by atoms with Crippen molar-refractivity contribution in [3.8, 4) is 0 Å². The third-order valence-corrected chi connectivity index (χ3v) is 1.66. The molecule has 1 aliphatic rings. The van der Waals surface area contributed by atoms with Crippen LogP contribution in [0.25, 0.3) is 0 Å². The number of carbonyl (C=O) groups excluding carboxylic acids is 1. The summed E-state index contributed by atoms with van der Waals surface area (Å²) < 4.78 is 0. The summed E-state index contributed by atoms with van der Waals surface area (Å²) >= 11 is 0. The van der Waals surface area contributed by atoms with Gasteiger partial charge in [0.1, 0.15) is 0 Å². The van der Waals surface area contributed by atoms with Gasteiger partial charge in [-0.05, 0) is 13.3 Å². The maximum absolute atomic E-state index is 10.9. The van der Waals surface area contributed by atoms with E-state index >= 15 is 0 Å². The van der Waals surface area contributed by atoms with Gasteiger partial charge in [-0.1, -0.05) is 0 Å². The van der Waals surface area contributed by atoms with Gasteiger partial charge in [0.15, 0.2) is 0 Å². The number of hydrogen-bond acceptors (Lipinski definition) is 2. The van der Waals surface area contributed by atoms with Crippen LogP contribution >= 0.6 is 0 Å². The van der Waals surface area contributed by atoms with Gasteiger partial charge in [-0.2, -0.15) is 0 Å². The fourth-order valence-electron chi connectivity index (χ4n) is 1.22. The lowest BCUT2D eigenvalue weighted by Gasteiger charge is -2.16. The third-order valence-electron chi connectivity index (χ3n) is 1.66. The van der Waals surface area contributed by atoms with Gasteiger partial charge in [-0.3, -0.25) is 4.79 Å². The summed E-state index contributed by atoms with van der Waals surface area (Å²) in [5, 5.41) is 8.94. The van der Waals surface area contributed by atoms with Crippen LogP contribution in [0.2, 0.25) is 0 Å². The first kappa shape index (κ1) is 7.54. The highest BCUT2D eigenvalue weighted by atomic mass is 16.3.